The number of anilines is 2. The Balaban J connectivity index is 1.95. The lowest BCUT2D eigenvalue weighted by Crippen LogP contribution is -2.28. The highest BCUT2D eigenvalue weighted by Gasteiger charge is 2.25. The quantitative estimate of drug-likeness (QED) is 0.0839. The number of nitrogens with zero attached hydrogens (tertiary/aromatic N) is 2. The summed E-state index contributed by atoms with van der Waals surface area (Å²) in [5.74, 6) is -5.60. The third-order valence-corrected chi connectivity index (χ3v) is 6.69. The van der Waals surface area contributed by atoms with Gasteiger partial charge in [0.15, 0.2) is 19.8 Å². The number of amides is 2. The van der Waals surface area contributed by atoms with Gasteiger partial charge in [0.1, 0.15) is 34.0 Å². The molecule has 1 heterocycles. The van der Waals surface area contributed by atoms with Crippen LogP contribution in [0.15, 0.2) is 48.5 Å². The summed E-state index contributed by atoms with van der Waals surface area (Å²) in [6.07, 6.45) is 0. The molecule has 0 aliphatic carbocycles. The summed E-state index contributed by atoms with van der Waals surface area (Å²) in [5.41, 5.74) is -3.56. The number of nitrogens with one attached hydrogen (secondary N) is 2. The van der Waals surface area contributed by atoms with Gasteiger partial charge in [-0.05, 0) is 105 Å². The summed E-state index contributed by atoms with van der Waals surface area (Å²) < 4.78 is 37.1. The maximum Gasteiger partial charge on any atom is 0.344 e. The molecule has 19 nitrogen and oxygen atoms in total. The number of nitro groups is 1. The first-order valence-electron chi connectivity index (χ1n) is 17.5. The molecule has 0 spiro atoms. The Labute approximate surface area is 333 Å². The molecule has 0 fully saturated rings. The number of rotatable bonds is 15. The van der Waals surface area contributed by atoms with Gasteiger partial charge in [-0.25, -0.2) is 24.2 Å². The number of carbonyl (C=O) groups excluding carboxylic acids is 6. The second-order valence-electron chi connectivity index (χ2n) is 15.2. The molecule has 0 unspecified atom stereocenters. The first kappa shape index (κ1) is 45.6. The lowest BCUT2D eigenvalue weighted by molar-refractivity contribution is -0.386. The summed E-state index contributed by atoms with van der Waals surface area (Å²) in [5, 5.41) is 16.8. The van der Waals surface area contributed by atoms with Crippen LogP contribution in [0, 0.1) is 10.1 Å². The smallest absolute Gasteiger partial charge is 0.344 e. The third kappa shape index (κ3) is 14.7. The molecular weight excluding hydrogens is 764 g/mol. The van der Waals surface area contributed by atoms with Crippen molar-refractivity contribution in [3.05, 3.63) is 75.5 Å². The molecule has 2 amide bonds. The minimum atomic E-state index is -0.922. The SMILES string of the molecule is COC(=O)c1ccc(NC(=O)c2ccc(NC(=O)c3ccc([N+](=O)[O-])c(OCC(=O)OC(C)(C)C)n3)c(OCC(=O)OC(C)(C)C)c2)c(OCC(=O)OC(C)(C)C)c1. The maximum absolute atomic E-state index is 13.6. The first-order chi connectivity index (χ1) is 26.8. The van der Waals surface area contributed by atoms with Crippen LogP contribution in [0.4, 0.5) is 17.1 Å². The van der Waals surface area contributed by atoms with E-state index in [1.54, 1.807) is 62.3 Å². The number of ether oxygens (including phenoxy) is 7. The fourth-order valence-corrected chi connectivity index (χ4v) is 4.58. The van der Waals surface area contributed by atoms with E-state index < -0.39 is 88.8 Å². The van der Waals surface area contributed by atoms with Gasteiger partial charge < -0.3 is 43.8 Å². The molecule has 0 saturated heterocycles. The van der Waals surface area contributed by atoms with Crippen molar-refractivity contribution < 1.29 is 66.8 Å². The van der Waals surface area contributed by atoms with Crippen LogP contribution in [0.3, 0.4) is 0 Å². The van der Waals surface area contributed by atoms with Gasteiger partial charge in [0.2, 0.25) is 0 Å². The zero-order valence-corrected chi connectivity index (χ0v) is 33.8. The molecule has 3 rings (SSSR count). The van der Waals surface area contributed by atoms with Crippen molar-refractivity contribution in [1.29, 1.82) is 0 Å². The second kappa shape index (κ2) is 18.9. The third-order valence-electron chi connectivity index (χ3n) is 6.69. The molecule has 19 heteroatoms. The van der Waals surface area contributed by atoms with Crippen molar-refractivity contribution in [2.75, 3.05) is 37.6 Å². The Hall–Kier alpha value is -6.79. The number of carbonyl (C=O) groups is 6. The minimum Gasteiger partial charge on any atom is -0.480 e. The van der Waals surface area contributed by atoms with E-state index in [1.807, 2.05) is 0 Å². The fourth-order valence-electron chi connectivity index (χ4n) is 4.58. The Bertz CT molecular complexity index is 2060. The van der Waals surface area contributed by atoms with Gasteiger partial charge in [-0.15, -0.1) is 0 Å². The predicted octanol–water partition coefficient (Wildman–Crippen LogP) is 5.44. The van der Waals surface area contributed by atoms with E-state index in [2.05, 4.69) is 15.6 Å². The Kier molecular flexibility index (Phi) is 14.9. The standard InChI is InChI=1S/C39H46N4O15/c1-37(2,3)56-30(44)19-53-28-17-22(33(47)40-24-14-12-23(36(49)52-10)18-29(24)54-20-31(45)57-38(4,5)6)11-13-25(28)41-34(48)26-15-16-27(43(50)51)35(42-26)55-21-32(46)58-39(7,8)9/h11-18H,19-21H2,1-10H3,(H,40,47)(H,41,48). The molecule has 2 N–H and O–H groups in total. The van der Waals surface area contributed by atoms with Crippen LogP contribution >= 0.6 is 0 Å². The molecule has 3 aromatic rings. The van der Waals surface area contributed by atoms with Crippen molar-refractivity contribution in [3.8, 4) is 17.4 Å². The van der Waals surface area contributed by atoms with Gasteiger partial charge in [-0.1, -0.05) is 0 Å². The molecule has 0 saturated carbocycles. The van der Waals surface area contributed by atoms with Crippen molar-refractivity contribution >= 4 is 52.8 Å². The zero-order chi connectivity index (χ0) is 43.6. The van der Waals surface area contributed by atoms with E-state index in [-0.39, 0.29) is 39.7 Å². The van der Waals surface area contributed by atoms with E-state index >= 15 is 0 Å². The number of pyridine rings is 1. The van der Waals surface area contributed by atoms with E-state index in [1.165, 1.54) is 43.5 Å². The van der Waals surface area contributed by atoms with Crippen LogP contribution in [0.2, 0.25) is 0 Å². The van der Waals surface area contributed by atoms with Crippen LogP contribution < -0.4 is 24.8 Å². The largest absolute Gasteiger partial charge is 0.480 e. The molecule has 0 bridgehead atoms. The van der Waals surface area contributed by atoms with Crippen molar-refractivity contribution in [3.63, 3.8) is 0 Å². The van der Waals surface area contributed by atoms with E-state index in [4.69, 9.17) is 33.2 Å². The second-order valence-corrected chi connectivity index (χ2v) is 15.2. The van der Waals surface area contributed by atoms with Crippen molar-refractivity contribution in [1.82, 2.24) is 4.98 Å². The summed E-state index contributed by atoms with van der Waals surface area (Å²) in [6.45, 7) is 12.9. The average Bonchev–Trinajstić information content (AvgIpc) is 3.10. The lowest BCUT2D eigenvalue weighted by Gasteiger charge is -2.20. The molecule has 2 aromatic carbocycles. The van der Waals surface area contributed by atoms with Gasteiger partial charge in [-0.3, -0.25) is 19.7 Å². The average molecular weight is 811 g/mol. The van der Waals surface area contributed by atoms with Crippen molar-refractivity contribution in [2.45, 2.75) is 79.1 Å². The lowest BCUT2D eigenvalue weighted by atomic mass is 10.1. The molecular formula is C39H46N4O15. The molecule has 0 aliphatic rings. The van der Waals surface area contributed by atoms with Gasteiger partial charge in [0.25, 0.3) is 17.7 Å². The normalized spacial score (nSPS) is 11.3. The highest BCUT2D eigenvalue weighted by Crippen LogP contribution is 2.31. The molecule has 0 radical (unpaired) electrons. The monoisotopic (exact) mass is 810 g/mol. The van der Waals surface area contributed by atoms with E-state index in [0.29, 0.717) is 0 Å². The topological polar surface area (TPSA) is 247 Å². The summed E-state index contributed by atoms with van der Waals surface area (Å²) >= 11 is 0. The number of methoxy groups -OCH3 is 1. The summed E-state index contributed by atoms with van der Waals surface area (Å²) in [4.78, 5) is 91.2. The Morgan fingerprint density at radius 3 is 1.50 bits per heavy atom. The van der Waals surface area contributed by atoms with Crippen LogP contribution in [0.5, 0.6) is 17.4 Å². The highest BCUT2D eigenvalue weighted by atomic mass is 16.6. The summed E-state index contributed by atoms with van der Waals surface area (Å²) in [6, 6.07) is 9.77. The molecule has 0 atom stereocenters. The van der Waals surface area contributed by atoms with E-state index in [9.17, 15) is 38.9 Å². The molecule has 312 valence electrons. The van der Waals surface area contributed by atoms with Crippen molar-refractivity contribution in [2.24, 2.45) is 0 Å². The van der Waals surface area contributed by atoms with Crippen LogP contribution in [0.25, 0.3) is 0 Å². The van der Waals surface area contributed by atoms with Gasteiger partial charge in [0.05, 0.1) is 29.0 Å². The number of hydrogen-bond donors (Lipinski definition) is 2. The first-order valence-corrected chi connectivity index (χ1v) is 17.5. The molecule has 58 heavy (non-hydrogen) atoms. The fraction of sp³-hybridized carbons (Fsp3) is 0.410. The number of aromatic nitrogens is 1. The predicted molar refractivity (Wildman–Crippen MR) is 205 cm³/mol. The number of esters is 4. The minimum absolute atomic E-state index is 0.0451. The molecule has 1 aromatic heterocycles. The van der Waals surface area contributed by atoms with Gasteiger partial charge >= 0.3 is 29.6 Å². The van der Waals surface area contributed by atoms with Crippen LogP contribution in [0.1, 0.15) is 93.5 Å². The van der Waals surface area contributed by atoms with Gasteiger partial charge in [-0.2, -0.15) is 0 Å². The highest BCUT2D eigenvalue weighted by molar-refractivity contribution is 6.07. The van der Waals surface area contributed by atoms with E-state index in [0.717, 1.165) is 12.1 Å². The summed E-state index contributed by atoms with van der Waals surface area (Å²) in [7, 11) is 1.18. The number of benzene rings is 2. The zero-order valence-electron chi connectivity index (χ0n) is 33.8. The molecule has 0 aliphatic heterocycles. The number of hydrogen-bond acceptors (Lipinski definition) is 16. The van der Waals surface area contributed by atoms with Gasteiger partial charge in [0, 0.05) is 11.6 Å². The maximum atomic E-state index is 13.6. The van der Waals surface area contributed by atoms with Crippen LogP contribution in [-0.2, 0) is 33.3 Å². The Morgan fingerprint density at radius 2 is 1.05 bits per heavy atom. The Morgan fingerprint density at radius 1 is 0.621 bits per heavy atom. The van der Waals surface area contributed by atoms with Crippen LogP contribution in [-0.4, -0.2) is 89.3 Å².